The normalized spacial score (nSPS) is 24.7. The molecule has 3 aliphatic heterocycles. The third-order valence-electron chi connectivity index (χ3n) is 5.05. The van der Waals surface area contributed by atoms with Crippen molar-refractivity contribution in [1.29, 1.82) is 0 Å². The summed E-state index contributed by atoms with van der Waals surface area (Å²) < 4.78 is 18.9. The molecular weight excluding hydrogens is 687 g/mol. The van der Waals surface area contributed by atoms with Crippen LogP contribution >= 0.6 is 0 Å². The Morgan fingerprint density at radius 2 is 0.519 bits per heavy atom. The van der Waals surface area contributed by atoms with E-state index in [9.17, 15) is 0 Å². The van der Waals surface area contributed by atoms with Crippen molar-refractivity contribution in [3.63, 3.8) is 0 Å². The van der Waals surface area contributed by atoms with Gasteiger partial charge in [-0.05, 0) is 0 Å². The van der Waals surface area contributed by atoms with Crippen LogP contribution in [0.25, 0.3) is 0 Å². The Kier molecular flexibility index (Phi) is 20.7. The molecule has 0 spiro atoms. The summed E-state index contributed by atoms with van der Waals surface area (Å²) in [5.74, 6) is 0. The Morgan fingerprint density at radius 3 is 0.593 bits per heavy atom. The Morgan fingerprint density at radius 1 is 0.370 bits per heavy atom. The quantitative estimate of drug-likeness (QED) is 0.184. The van der Waals surface area contributed by atoms with Crippen molar-refractivity contribution in [3.8, 4) is 0 Å². The number of hydrogen-bond donors (Lipinski definition) is 0. The molecule has 3 aliphatic rings. The minimum Gasteiger partial charge on any atom is -1.00 e. The van der Waals surface area contributed by atoms with Gasteiger partial charge in [0.05, 0.1) is 81.9 Å². The molecule has 0 saturated carbocycles. The molecule has 0 unspecified atom stereocenters. The van der Waals surface area contributed by atoms with Crippen LogP contribution in [0.3, 0.4) is 0 Å². The van der Waals surface area contributed by atoms with E-state index in [0.29, 0.717) is 0 Å². The highest BCUT2D eigenvalue weighted by Crippen LogP contribution is 2.02. The van der Waals surface area contributed by atoms with Gasteiger partial charge in [0.15, 0.2) is 0 Å². The molecule has 6 nitrogen and oxygen atoms in total. The summed E-state index contributed by atoms with van der Waals surface area (Å²) in [5, 5.41) is 0. The first-order valence-corrected chi connectivity index (χ1v) is 9.31. The van der Waals surface area contributed by atoms with Crippen LogP contribution in [0.1, 0.15) is 0 Å². The van der Waals surface area contributed by atoms with Gasteiger partial charge < -0.3 is 99.6 Å². The number of ether oxygens (including phenoxy) is 3. The fourth-order valence-corrected chi connectivity index (χ4v) is 2.51. The monoisotopic (exact) mass is 729 g/mol. The molecule has 0 aromatic rings. The highest BCUT2D eigenvalue weighted by atomic mass is 127. The topological polar surface area (TPSA) is 27.7 Å². The number of rotatable bonds is 0. The van der Waals surface area contributed by atoms with E-state index >= 15 is 0 Å². The van der Waals surface area contributed by atoms with Crippen LogP contribution in [0.15, 0.2) is 0 Å². The van der Waals surface area contributed by atoms with Gasteiger partial charge in [-0.3, -0.25) is 0 Å². The first-order chi connectivity index (χ1) is 11.1. The number of hydrogen-bond acceptors (Lipinski definition) is 3. The zero-order chi connectivity index (χ0) is 18.1. The fraction of sp³-hybridized carbons (Fsp3) is 1.00. The number of halogens is 3. The highest BCUT2D eigenvalue weighted by molar-refractivity contribution is 4.42. The maximum atomic E-state index is 5.19. The van der Waals surface area contributed by atoms with Crippen molar-refractivity contribution in [1.82, 2.24) is 0 Å². The van der Waals surface area contributed by atoms with Gasteiger partial charge >= 0.3 is 0 Å². The standard InChI is InChI=1S/3C6H14NO.3HI/c3*1-7(2)3-5-8-6-4-7;;;/h3*3-6H2,1-2H3;3*1H/q3*+1;;;/p-3. The SMILES string of the molecule is C[N+]1(C)CCOCC1.C[N+]1(C)CCOCC1.C[N+]1(C)CCOCC1.[I-].[I-].[I-]. The maximum Gasteiger partial charge on any atom is 0.102 e. The lowest BCUT2D eigenvalue weighted by atomic mass is 10.4. The molecule has 9 heteroatoms. The minimum atomic E-state index is 0. The first-order valence-electron chi connectivity index (χ1n) is 9.31. The van der Waals surface area contributed by atoms with E-state index in [-0.39, 0.29) is 71.9 Å². The third-order valence-corrected chi connectivity index (χ3v) is 5.05. The van der Waals surface area contributed by atoms with Gasteiger partial charge in [0.1, 0.15) is 39.3 Å². The summed E-state index contributed by atoms with van der Waals surface area (Å²) >= 11 is 0. The van der Waals surface area contributed by atoms with E-state index in [0.717, 1.165) is 53.1 Å². The van der Waals surface area contributed by atoms with E-state index in [1.165, 1.54) is 39.3 Å². The highest BCUT2D eigenvalue weighted by Gasteiger charge is 2.19. The molecule has 0 amide bonds. The van der Waals surface area contributed by atoms with Crippen LogP contribution in [0.5, 0.6) is 0 Å². The maximum absolute atomic E-state index is 5.19. The Hall–Kier alpha value is 1.95. The fourth-order valence-electron chi connectivity index (χ4n) is 2.51. The molecule has 3 rings (SSSR count). The van der Waals surface area contributed by atoms with Crippen molar-refractivity contribution in [3.05, 3.63) is 0 Å². The van der Waals surface area contributed by atoms with E-state index in [1.54, 1.807) is 0 Å². The van der Waals surface area contributed by atoms with Gasteiger partial charge in [-0.1, -0.05) is 0 Å². The lowest BCUT2D eigenvalue weighted by molar-refractivity contribution is -0.898. The zero-order valence-corrected chi connectivity index (χ0v) is 24.7. The number of likely N-dealkylation sites (N-methyl/N-ethyl adjacent to an activating group) is 3. The van der Waals surface area contributed by atoms with Gasteiger partial charge in [-0.25, -0.2) is 0 Å². The van der Waals surface area contributed by atoms with Crippen LogP contribution in [0.2, 0.25) is 0 Å². The van der Waals surface area contributed by atoms with Gasteiger partial charge in [-0.15, -0.1) is 0 Å². The summed E-state index contributed by atoms with van der Waals surface area (Å²) in [6.45, 7) is 12.6. The molecule has 0 aromatic heterocycles. The van der Waals surface area contributed by atoms with Crippen molar-refractivity contribution in [2.24, 2.45) is 0 Å². The average molecular weight is 729 g/mol. The molecule has 0 aliphatic carbocycles. The van der Waals surface area contributed by atoms with E-state index in [1.807, 2.05) is 0 Å². The van der Waals surface area contributed by atoms with Crippen molar-refractivity contribution in [2.45, 2.75) is 0 Å². The van der Waals surface area contributed by atoms with Crippen LogP contribution < -0.4 is 71.9 Å². The minimum absolute atomic E-state index is 0. The van der Waals surface area contributed by atoms with Crippen molar-refractivity contribution >= 4 is 0 Å². The molecule has 3 fully saturated rings. The third kappa shape index (κ3) is 18.4. The van der Waals surface area contributed by atoms with Crippen LogP contribution in [-0.2, 0) is 14.2 Å². The molecule has 0 N–H and O–H groups in total. The molecular formula is C18H42I3N3O3. The first kappa shape index (κ1) is 33.6. The van der Waals surface area contributed by atoms with Gasteiger partial charge in [0.25, 0.3) is 0 Å². The summed E-state index contributed by atoms with van der Waals surface area (Å²) in [6, 6.07) is 0. The summed E-state index contributed by atoms with van der Waals surface area (Å²) in [7, 11) is 13.4. The molecule has 3 heterocycles. The zero-order valence-electron chi connectivity index (χ0n) is 18.2. The van der Waals surface area contributed by atoms with Gasteiger partial charge in [0, 0.05) is 0 Å². The number of nitrogens with zero attached hydrogens (tertiary/aromatic N) is 3. The summed E-state index contributed by atoms with van der Waals surface area (Å²) in [4.78, 5) is 0. The molecule has 0 atom stereocenters. The number of quaternary nitrogens is 3. The average Bonchev–Trinajstić information content (AvgIpc) is 2.48. The molecule has 0 radical (unpaired) electrons. The second-order valence-corrected chi connectivity index (χ2v) is 8.99. The van der Waals surface area contributed by atoms with E-state index < -0.39 is 0 Å². The number of morpholine rings is 3. The van der Waals surface area contributed by atoms with E-state index in [4.69, 9.17) is 14.2 Å². The van der Waals surface area contributed by atoms with Crippen LogP contribution in [0, 0.1) is 0 Å². The van der Waals surface area contributed by atoms with Crippen molar-refractivity contribution in [2.75, 3.05) is 121 Å². The molecule has 0 bridgehead atoms. The smallest absolute Gasteiger partial charge is 0.102 e. The lowest BCUT2D eigenvalue weighted by Crippen LogP contribution is -3.00. The summed E-state index contributed by atoms with van der Waals surface area (Å²) in [5.41, 5.74) is 0. The van der Waals surface area contributed by atoms with Crippen LogP contribution in [0.4, 0.5) is 0 Å². The largest absolute Gasteiger partial charge is 1.00 e. The lowest BCUT2D eigenvalue weighted by Gasteiger charge is -2.33. The second-order valence-electron chi connectivity index (χ2n) is 8.99. The van der Waals surface area contributed by atoms with Gasteiger partial charge in [0.2, 0.25) is 0 Å². The molecule has 168 valence electrons. The predicted molar refractivity (Wildman–Crippen MR) is 98.0 cm³/mol. The second kappa shape index (κ2) is 16.6. The van der Waals surface area contributed by atoms with Crippen molar-refractivity contribution < 1.29 is 99.6 Å². The molecule has 0 aromatic carbocycles. The molecule has 3 saturated heterocycles. The Balaban J connectivity index is -0.000000303. The van der Waals surface area contributed by atoms with E-state index in [2.05, 4.69) is 42.3 Å². The van der Waals surface area contributed by atoms with Gasteiger partial charge in [-0.2, -0.15) is 0 Å². The Bertz CT molecular complexity index is 284. The predicted octanol–water partition coefficient (Wildman–Crippen LogP) is -8.71. The Labute approximate surface area is 219 Å². The van der Waals surface area contributed by atoms with Crippen LogP contribution in [-0.4, -0.2) is 135 Å². The molecule has 27 heavy (non-hydrogen) atoms. The summed E-state index contributed by atoms with van der Waals surface area (Å²) in [6.07, 6.45) is 0.